The molecule has 5 heteroatoms. The van der Waals surface area contributed by atoms with Gasteiger partial charge in [0, 0.05) is 25.0 Å². The maximum atomic E-state index is 5.53. The number of thiophene rings is 1. The number of nitrogens with one attached hydrogen (secondary N) is 1. The lowest BCUT2D eigenvalue weighted by atomic mass is 10.2. The Kier molecular flexibility index (Phi) is 5.61. The molecule has 1 N–H and O–H groups in total. The summed E-state index contributed by atoms with van der Waals surface area (Å²) in [5.74, 6) is 0.648. The maximum Gasteiger partial charge on any atom is 0.297 e. The lowest BCUT2D eigenvalue weighted by Gasteiger charge is -2.13. The molecule has 0 saturated heterocycles. The van der Waals surface area contributed by atoms with E-state index in [-0.39, 0.29) is 0 Å². The summed E-state index contributed by atoms with van der Waals surface area (Å²) in [5.41, 5.74) is 0.962. The van der Waals surface area contributed by atoms with E-state index in [2.05, 4.69) is 46.6 Å². The fourth-order valence-corrected chi connectivity index (χ4v) is 2.57. The smallest absolute Gasteiger partial charge is 0.297 e. The van der Waals surface area contributed by atoms with E-state index in [4.69, 9.17) is 4.42 Å². The molecule has 0 aliphatic heterocycles. The van der Waals surface area contributed by atoms with Gasteiger partial charge in [-0.15, -0.1) is 11.3 Å². The summed E-state index contributed by atoms with van der Waals surface area (Å²) in [6.07, 6.45) is 2.77. The molecule has 0 aromatic carbocycles. The fraction of sp³-hybridized carbons (Fsp3) is 0.533. The van der Waals surface area contributed by atoms with Crippen LogP contribution in [0.5, 0.6) is 0 Å². The number of oxazole rings is 1. The Hall–Kier alpha value is -1.33. The van der Waals surface area contributed by atoms with Crippen molar-refractivity contribution in [2.45, 2.75) is 26.8 Å². The first-order valence-electron chi connectivity index (χ1n) is 7.04. The summed E-state index contributed by atoms with van der Waals surface area (Å²) in [4.78, 5) is 7.96. The third-order valence-corrected chi connectivity index (χ3v) is 3.93. The molecule has 2 rings (SSSR count). The van der Waals surface area contributed by atoms with Gasteiger partial charge in [-0.25, -0.2) is 0 Å². The minimum atomic E-state index is 0.648. The van der Waals surface area contributed by atoms with Gasteiger partial charge >= 0.3 is 0 Å². The normalized spacial score (nSPS) is 11.2. The van der Waals surface area contributed by atoms with Gasteiger partial charge in [-0.3, -0.25) is 0 Å². The average molecular weight is 293 g/mol. The molecule has 0 atom stereocenters. The Morgan fingerprint density at radius 1 is 1.45 bits per heavy atom. The van der Waals surface area contributed by atoms with Crippen LogP contribution in [-0.2, 0) is 13.0 Å². The average Bonchev–Trinajstić information content (AvgIpc) is 3.06. The highest BCUT2D eigenvalue weighted by molar-refractivity contribution is 7.09. The highest BCUT2D eigenvalue weighted by Crippen LogP contribution is 2.14. The number of aromatic nitrogens is 1. The van der Waals surface area contributed by atoms with Crippen LogP contribution in [0.1, 0.15) is 24.4 Å². The second-order valence-corrected chi connectivity index (χ2v) is 6.43. The monoisotopic (exact) mass is 293 g/mol. The molecule has 0 spiro atoms. The van der Waals surface area contributed by atoms with Crippen LogP contribution in [0, 0.1) is 5.92 Å². The van der Waals surface area contributed by atoms with E-state index in [9.17, 15) is 0 Å². The fourth-order valence-electron chi connectivity index (χ4n) is 1.87. The third-order valence-electron chi connectivity index (χ3n) is 3.00. The predicted octanol–water partition coefficient (Wildman–Crippen LogP) is 3.16. The van der Waals surface area contributed by atoms with Crippen LogP contribution in [-0.4, -0.2) is 25.1 Å². The van der Waals surface area contributed by atoms with Gasteiger partial charge in [-0.1, -0.05) is 19.9 Å². The second kappa shape index (κ2) is 7.45. The van der Waals surface area contributed by atoms with Crippen LogP contribution in [0.4, 0.5) is 6.01 Å². The number of rotatable bonds is 8. The van der Waals surface area contributed by atoms with Gasteiger partial charge in [0.2, 0.25) is 0 Å². The van der Waals surface area contributed by atoms with Crippen molar-refractivity contribution in [3.8, 4) is 0 Å². The first-order valence-corrected chi connectivity index (χ1v) is 7.91. The van der Waals surface area contributed by atoms with Crippen molar-refractivity contribution in [2.24, 2.45) is 5.92 Å². The van der Waals surface area contributed by atoms with Gasteiger partial charge < -0.3 is 14.6 Å². The number of hydrogen-bond donors (Lipinski definition) is 1. The van der Waals surface area contributed by atoms with Gasteiger partial charge in [-0.2, -0.15) is 4.98 Å². The predicted molar refractivity (Wildman–Crippen MR) is 84.3 cm³/mol. The largest absolute Gasteiger partial charge is 0.432 e. The second-order valence-electron chi connectivity index (χ2n) is 5.40. The van der Waals surface area contributed by atoms with Crippen molar-refractivity contribution in [1.82, 2.24) is 10.3 Å². The number of nitrogens with zero attached hydrogens (tertiary/aromatic N) is 2. The minimum absolute atomic E-state index is 0.648. The van der Waals surface area contributed by atoms with E-state index < -0.39 is 0 Å². The summed E-state index contributed by atoms with van der Waals surface area (Å²) < 4.78 is 5.53. The molecule has 4 nitrogen and oxygen atoms in total. The van der Waals surface area contributed by atoms with Crippen molar-refractivity contribution in [3.05, 3.63) is 34.3 Å². The topological polar surface area (TPSA) is 41.3 Å². The number of likely N-dealkylation sites (N-methyl/N-ethyl adjacent to an activating group) is 1. The zero-order valence-corrected chi connectivity index (χ0v) is 13.2. The first kappa shape index (κ1) is 15.1. The molecule has 110 valence electrons. The van der Waals surface area contributed by atoms with E-state index in [1.165, 1.54) is 4.88 Å². The first-order chi connectivity index (χ1) is 9.65. The molecule has 0 aliphatic carbocycles. The maximum absolute atomic E-state index is 5.53. The van der Waals surface area contributed by atoms with E-state index in [1.54, 1.807) is 17.6 Å². The summed E-state index contributed by atoms with van der Waals surface area (Å²) >= 11 is 1.79. The molecular formula is C15H23N3OS. The van der Waals surface area contributed by atoms with Crippen molar-refractivity contribution in [3.63, 3.8) is 0 Å². The molecule has 2 heterocycles. The van der Waals surface area contributed by atoms with Crippen molar-refractivity contribution in [2.75, 3.05) is 25.0 Å². The molecule has 20 heavy (non-hydrogen) atoms. The van der Waals surface area contributed by atoms with Crippen molar-refractivity contribution in [1.29, 1.82) is 0 Å². The molecule has 0 radical (unpaired) electrons. The molecule has 0 bridgehead atoms. The Bertz CT molecular complexity index is 493. The Labute approximate surface area is 124 Å². The van der Waals surface area contributed by atoms with Crippen LogP contribution in [0.15, 0.2) is 28.2 Å². The summed E-state index contributed by atoms with van der Waals surface area (Å²) in [6.45, 7) is 7.07. The van der Waals surface area contributed by atoms with Crippen LogP contribution in [0.2, 0.25) is 0 Å². The Morgan fingerprint density at radius 2 is 2.30 bits per heavy atom. The van der Waals surface area contributed by atoms with Crippen LogP contribution in [0.25, 0.3) is 0 Å². The van der Waals surface area contributed by atoms with Crippen molar-refractivity contribution < 1.29 is 4.42 Å². The Balaban J connectivity index is 1.78. The van der Waals surface area contributed by atoms with Crippen LogP contribution < -0.4 is 10.2 Å². The van der Waals surface area contributed by atoms with Gasteiger partial charge in [0.05, 0.1) is 5.69 Å². The van der Waals surface area contributed by atoms with E-state index in [0.717, 1.165) is 31.7 Å². The van der Waals surface area contributed by atoms with Gasteiger partial charge in [-0.05, 0) is 30.3 Å². The SMILES string of the molecule is CC(C)CNCc1coc(N(C)CCc2cccs2)n1. The van der Waals surface area contributed by atoms with Crippen LogP contribution in [0.3, 0.4) is 0 Å². The molecule has 0 fully saturated rings. The number of hydrogen-bond acceptors (Lipinski definition) is 5. The minimum Gasteiger partial charge on any atom is -0.432 e. The van der Waals surface area contributed by atoms with Crippen LogP contribution >= 0.6 is 11.3 Å². The molecular weight excluding hydrogens is 270 g/mol. The molecule has 0 saturated carbocycles. The lowest BCUT2D eigenvalue weighted by molar-refractivity contribution is 0.535. The molecule has 2 aromatic heterocycles. The standard InChI is InChI=1S/C15H23N3OS/c1-12(2)9-16-10-13-11-19-15(17-13)18(3)7-6-14-5-4-8-20-14/h4-5,8,11-12,16H,6-7,9-10H2,1-3H3. The van der Waals surface area contributed by atoms with E-state index in [0.29, 0.717) is 11.9 Å². The van der Waals surface area contributed by atoms with Crippen molar-refractivity contribution >= 4 is 17.4 Å². The summed E-state index contributed by atoms with van der Waals surface area (Å²) in [5, 5.41) is 5.48. The highest BCUT2D eigenvalue weighted by atomic mass is 32.1. The molecule has 0 unspecified atom stereocenters. The highest BCUT2D eigenvalue weighted by Gasteiger charge is 2.09. The van der Waals surface area contributed by atoms with Gasteiger partial charge in [0.1, 0.15) is 6.26 Å². The summed E-state index contributed by atoms with van der Waals surface area (Å²) in [6, 6.07) is 4.95. The summed E-state index contributed by atoms with van der Waals surface area (Å²) in [7, 11) is 2.02. The molecule has 0 aliphatic rings. The molecule has 0 amide bonds. The lowest BCUT2D eigenvalue weighted by Crippen LogP contribution is -2.21. The quantitative estimate of drug-likeness (QED) is 0.812. The number of anilines is 1. The van der Waals surface area contributed by atoms with Gasteiger partial charge in [0.15, 0.2) is 0 Å². The van der Waals surface area contributed by atoms with Gasteiger partial charge in [0.25, 0.3) is 6.01 Å². The zero-order chi connectivity index (χ0) is 14.4. The zero-order valence-electron chi connectivity index (χ0n) is 12.4. The third kappa shape index (κ3) is 4.65. The van der Waals surface area contributed by atoms with E-state index in [1.807, 2.05) is 7.05 Å². The Morgan fingerprint density at radius 3 is 3.00 bits per heavy atom. The molecule has 2 aromatic rings. The van der Waals surface area contributed by atoms with E-state index >= 15 is 0 Å².